The fourth-order valence-corrected chi connectivity index (χ4v) is 2.34. The number of halogens is 3. The third-order valence-corrected chi connectivity index (χ3v) is 3.48. The molecule has 1 unspecified atom stereocenters. The fourth-order valence-electron chi connectivity index (χ4n) is 1.83. The predicted molar refractivity (Wildman–Crippen MR) is 74.4 cm³/mol. The zero-order chi connectivity index (χ0) is 11.4. The first-order chi connectivity index (χ1) is 7.77. The van der Waals surface area contributed by atoms with Crippen LogP contribution in [0.15, 0.2) is 18.2 Å². The summed E-state index contributed by atoms with van der Waals surface area (Å²) in [7, 11) is 0. The number of piperidine rings is 1. The van der Waals surface area contributed by atoms with E-state index in [0.717, 1.165) is 25.1 Å². The van der Waals surface area contributed by atoms with Gasteiger partial charge in [0.15, 0.2) is 0 Å². The summed E-state index contributed by atoms with van der Waals surface area (Å²) in [6.45, 7) is 2.50. The molecular weight excluding hydrogens is 280 g/mol. The highest BCUT2D eigenvalue weighted by atomic mass is 35.5. The van der Waals surface area contributed by atoms with E-state index in [1.807, 2.05) is 18.2 Å². The van der Waals surface area contributed by atoms with Crippen molar-refractivity contribution < 1.29 is 4.74 Å². The van der Waals surface area contributed by atoms with E-state index in [0.29, 0.717) is 16.7 Å². The molecule has 2 rings (SSSR count). The fraction of sp³-hybridized carbons (Fsp3) is 0.500. The van der Waals surface area contributed by atoms with Crippen molar-refractivity contribution in [3.8, 4) is 0 Å². The van der Waals surface area contributed by atoms with Gasteiger partial charge in [0, 0.05) is 22.2 Å². The molecular formula is C12H16Cl3NO. The summed E-state index contributed by atoms with van der Waals surface area (Å²) < 4.78 is 5.80. The van der Waals surface area contributed by atoms with Crippen LogP contribution in [0, 0.1) is 0 Å². The lowest BCUT2D eigenvalue weighted by atomic mass is 10.1. The Kier molecular flexibility index (Phi) is 6.60. The van der Waals surface area contributed by atoms with E-state index in [9.17, 15) is 0 Å². The number of rotatable bonds is 3. The van der Waals surface area contributed by atoms with Crippen LogP contribution in [0.3, 0.4) is 0 Å². The first-order valence-electron chi connectivity index (χ1n) is 5.52. The van der Waals surface area contributed by atoms with Gasteiger partial charge in [-0.1, -0.05) is 29.3 Å². The molecule has 1 N–H and O–H groups in total. The molecule has 0 amide bonds. The van der Waals surface area contributed by atoms with Crippen LogP contribution in [-0.2, 0) is 11.3 Å². The number of hydrogen-bond acceptors (Lipinski definition) is 2. The Balaban J connectivity index is 0.00000144. The van der Waals surface area contributed by atoms with Crippen molar-refractivity contribution in [2.45, 2.75) is 25.6 Å². The average Bonchev–Trinajstić information content (AvgIpc) is 2.30. The topological polar surface area (TPSA) is 21.3 Å². The summed E-state index contributed by atoms with van der Waals surface area (Å²) in [5, 5.41) is 4.66. The van der Waals surface area contributed by atoms with Gasteiger partial charge < -0.3 is 10.1 Å². The van der Waals surface area contributed by atoms with Gasteiger partial charge in [0.05, 0.1) is 12.7 Å². The van der Waals surface area contributed by atoms with Crippen LogP contribution < -0.4 is 5.32 Å². The van der Waals surface area contributed by atoms with Crippen molar-refractivity contribution in [2.75, 3.05) is 13.1 Å². The maximum absolute atomic E-state index is 6.07. The van der Waals surface area contributed by atoms with Gasteiger partial charge in [-0.25, -0.2) is 0 Å². The lowest BCUT2D eigenvalue weighted by Gasteiger charge is -2.23. The molecule has 1 atom stereocenters. The molecule has 0 aromatic heterocycles. The maximum atomic E-state index is 6.07. The second kappa shape index (κ2) is 7.45. The highest BCUT2D eigenvalue weighted by Gasteiger charge is 2.14. The van der Waals surface area contributed by atoms with Gasteiger partial charge in [-0.15, -0.1) is 12.4 Å². The molecule has 17 heavy (non-hydrogen) atoms. The van der Waals surface area contributed by atoms with Crippen LogP contribution in [-0.4, -0.2) is 19.2 Å². The largest absolute Gasteiger partial charge is 0.372 e. The molecule has 1 aliphatic rings. The smallest absolute Gasteiger partial charge is 0.0750 e. The van der Waals surface area contributed by atoms with E-state index in [4.69, 9.17) is 27.9 Å². The number of ether oxygens (including phenoxy) is 1. The summed E-state index contributed by atoms with van der Waals surface area (Å²) in [4.78, 5) is 0. The molecule has 1 heterocycles. The first kappa shape index (κ1) is 15.1. The van der Waals surface area contributed by atoms with E-state index in [1.165, 1.54) is 6.42 Å². The van der Waals surface area contributed by atoms with Crippen LogP contribution >= 0.6 is 35.6 Å². The lowest BCUT2D eigenvalue weighted by molar-refractivity contribution is 0.0254. The van der Waals surface area contributed by atoms with Crippen molar-refractivity contribution >= 4 is 35.6 Å². The summed E-state index contributed by atoms with van der Waals surface area (Å²) >= 11 is 12.1. The quantitative estimate of drug-likeness (QED) is 0.918. The van der Waals surface area contributed by atoms with Crippen LogP contribution in [0.1, 0.15) is 18.4 Å². The third-order valence-electron chi connectivity index (χ3n) is 2.78. The number of hydrogen-bond donors (Lipinski definition) is 1. The number of benzene rings is 1. The van der Waals surface area contributed by atoms with Crippen molar-refractivity contribution in [1.29, 1.82) is 0 Å². The summed E-state index contributed by atoms with van der Waals surface area (Å²) in [5.74, 6) is 0. The van der Waals surface area contributed by atoms with Gasteiger partial charge >= 0.3 is 0 Å². The number of nitrogens with one attached hydrogen (secondary N) is 1. The molecule has 5 heteroatoms. The van der Waals surface area contributed by atoms with Gasteiger partial charge in [0.25, 0.3) is 0 Å². The minimum Gasteiger partial charge on any atom is -0.372 e. The Hall–Kier alpha value is 0.01000. The van der Waals surface area contributed by atoms with E-state index in [2.05, 4.69) is 5.32 Å². The molecule has 96 valence electrons. The molecule has 0 radical (unpaired) electrons. The molecule has 1 saturated heterocycles. The minimum atomic E-state index is 0. The van der Waals surface area contributed by atoms with Crippen LogP contribution in [0.4, 0.5) is 0 Å². The monoisotopic (exact) mass is 295 g/mol. The Morgan fingerprint density at radius 2 is 2.00 bits per heavy atom. The van der Waals surface area contributed by atoms with Crippen molar-refractivity contribution in [3.05, 3.63) is 33.8 Å². The molecule has 0 bridgehead atoms. The third kappa shape index (κ3) is 4.31. The minimum absolute atomic E-state index is 0. The van der Waals surface area contributed by atoms with Gasteiger partial charge in [-0.2, -0.15) is 0 Å². The summed E-state index contributed by atoms with van der Waals surface area (Å²) in [6, 6.07) is 5.52. The van der Waals surface area contributed by atoms with Gasteiger partial charge in [-0.05, 0) is 31.5 Å². The second-order valence-electron chi connectivity index (χ2n) is 3.98. The molecule has 1 aromatic carbocycles. The molecule has 1 fully saturated rings. The molecule has 2 nitrogen and oxygen atoms in total. The van der Waals surface area contributed by atoms with Crippen LogP contribution in [0.2, 0.25) is 10.0 Å². The summed E-state index contributed by atoms with van der Waals surface area (Å²) in [6.07, 6.45) is 2.55. The van der Waals surface area contributed by atoms with Gasteiger partial charge in [0.2, 0.25) is 0 Å². The normalized spacial score (nSPS) is 19.8. The SMILES string of the molecule is Cl.Clc1cccc(Cl)c1COC1CCCNC1. The summed E-state index contributed by atoms with van der Waals surface area (Å²) in [5.41, 5.74) is 0.886. The average molecular weight is 297 g/mol. The van der Waals surface area contributed by atoms with Crippen molar-refractivity contribution in [3.63, 3.8) is 0 Å². The zero-order valence-electron chi connectivity index (χ0n) is 9.42. The predicted octanol–water partition coefficient (Wildman–Crippen LogP) is 3.68. The highest BCUT2D eigenvalue weighted by molar-refractivity contribution is 6.35. The Labute approximate surface area is 118 Å². The Morgan fingerprint density at radius 1 is 1.29 bits per heavy atom. The molecule has 0 aliphatic carbocycles. The van der Waals surface area contributed by atoms with E-state index < -0.39 is 0 Å². The second-order valence-corrected chi connectivity index (χ2v) is 4.79. The van der Waals surface area contributed by atoms with Crippen molar-refractivity contribution in [1.82, 2.24) is 5.32 Å². The molecule has 1 aliphatic heterocycles. The first-order valence-corrected chi connectivity index (χ1v) is 6.28. The lowest BCUT2D eigenvalue weighted by Crippen LogP contribution is -2.35. The van der Waals surface area contributed by atoms with E-state index in [-0.39, 0.29) is 18.5 Å². The van der Waals surface area contributed by atoms with E-state index >= 15 is 0 Å². The Bertz CT molecular complexity index is 333. The highest BCUT2D eigenvalue weighted by Crippen LogP contribution is 2.25. The van der Waals surface area contributed by atoms with Gasteiger partial charge in [-0.3, -0.25) is 0 Å². The van der Waals surface area contributed by atoms with Crippen molar-refractivity contribution in [2.24, 2.45) is 0 Å². The standard InChI is InChI=1S/C12H15Cl2NO.ClH/c13-11-4-1-5-12(14)10(11)8-16-9-3-2-6-15-7-9;/h1,4-5,9,15H,2-3,6-8H2;1H. The zero-order valence-corrected chi connectivity index (χ0v) is 11.7. The maximum Gasteiger partial charge on any atom is 0.0750 e. The molecule has 0 saturated carbocycles. The van der Waals surface area contributed by atoms with Crippen LogP contribution in [0.25, 0.3) is 0 Å². The van der Waals surface area contributed by atoms with Gasteiger partial charge in [0.1, 0.15) is 0 Å². The van der Waals surface area contributed by atoms with Crippen LogP contribution in [0.5, 0.6) is 0 Å². The molecule has 0 spiro atoms. The Morgan fingerprint density at radius 3 is 2.59 bits per heavy atom. The molecule has 1 aromatic rings. The van der Waals surface area contributed by atoms with E-state index in [1.54, 1.807) is 0 Å².